The summed E-state index contributed by atoms with van der Waals surface area (Å²) in [4.78, 5) is 22.8. The quantitative estimate of drug-likeness (QED) is 0.766. The van der Waals surface area contributed by atoms with E-state index in [2.05, 4.69) is 10.1 Å². The Morgan fingerprint density at radius 1 is 1.25 bits per heavy atom. The number of ether oxygens (including phenoxy) is 2. The molecule has 0 spiro atoms. The highest BCUT2D eigenvalue weighted by Crippen LogP contribution is 2.05. The van der Waals surface area contributed by atoms with Crippen molar-refractivity contribution in [2.24, 2.45) is 0 Å². The van der Waals surface area contributed by atoms with E-state index >= 15 is 0 Å². The maximum Gasteiger partial charge on any atom is 0.407 e. The molecule has 0 saturated heterocycles. The summed E-state index contributed by atoms with van der Waals surface area (Å²) in [6, 6.07) is 9.18. The number of hydrogen-bond donors (Lipinski definition) is 2. The van der Waals surface area contributed by atoms with Gasteiger partial charge < -0.3 is 19.9 Å². The molecule has 0 radical (unpaired) electrons. The van der Waals surface area contributed by atoms with Gasteiger partial charge in [-0.3, -0.25) is 0 Å². The van der Waals surface area contributed by atoms with Crippen molar-refractivity contribution in [2.75, 3.05) is 13.2 Å². The fourth-order valence-electron chi connectivity index (χ4n) is 1.38. The first-order valence-corrected chi connectivity index (χ1v) is 6.30. The van der Waals surface area contributed by atoms with E-state index in [0.717, 1.165) is 5.56 Å². The Kier molecular flexibility index (Phi) is 5.99. The molecule has 1 amide bonds. The van der Waals surface area contributed by atoms with Crippen LogP contribution >= 0.6 is 0 Å². The van der Waals surface area contributed by atoms with Gasteiger partial charge in [0.2, 0.25) is 0 Å². The molecule has 0 bridgehead atoms. The summed E-state index contributed by atoms with van der Waals surface area (Å²) in [5.74, 6) is -0.789. The Bertz CT molecular complexity index is 444. The number of alkyl carbamates (subject to hydrolysis) is 1. The first-order valence-electron chi connectivity index (χ1n) is 6.30. The zero-order chi connectivity index (χ0) is 15.0. The van der Waals surface area contributed by atoms with Crippen molar-refractivity contribution in [3.05, 3.63) is 35.9 Å². The fraction of sp³-hybridized carbons (Fsp3) is 0.429. The van der Waals surface area contributed by atoms with Crippen LogP contribution in [0.1, 0.15) is 19.4 Å². The predicted molar refractivity (Wildman–Crippen MR) is 71.9 cm³/mol. The van der Waals surface area contributed by atoms with E-state index in [-0.39, 0.29) is 19.8 Å². The molecule has 1 aromatic rings. The lowest BCUT2D eigenvalue weighted by Gasteiger charge is -2.21. The molecule has 1 unspecified atom stereocenters. The molecule has 0 aliphatic heterocycles. The standard InChI is InChI=1S/C14H19NO5/c1-3-19-12(16)14(2,18)10-15-13(17)20-9-11-7-5-4-6-8-11/h4-8,18H,3,9-10H2,1-2H3,(H,15,17). The molecule has 0 aliphatic rings. The van der Waals surface area contributed by atoms with Crippen LogP contribution in [0, 0.1) is 0 Å². The van der Waals surface area contributed by atoms with Crippen molar-refractivity contribution in [3.8, 4) is 0 Å². The third-order valence-corrected chi connectivity index (χ3v) is 2.50. The summed E-state index contributed by atoms with van der Waals surface area (Å²) >= 11 is 0. The molecular formula is C14H19NO5. The van der Waals surface area contributed by atoms with Crippen molar-refractivity contribution in [2.45, 2.75) is 26.1 Å². The normalized spacial score (nSPS) is 13.2. The van der Waals surface area contributed by atoms with Gasteiger partial charge in [0, 0.05) is 0 Å². The average molecular weight is 281 g/mol. The number of benzene rings is 1. The lowest BCUT2D eigenvalue weighted by atomic mass is 10.1. The van der Waals surface area contributed by atoms with Crippen molar-refractivity contribution < 1.29 is 24.2 Å². The summed E-state index contributed by atoms with van der Waals surface area (Å²) < 4.78 is 9.64. The molecule has 0 heterocycles. The number of carbonyl (C=O) groups excluding carboxylic acids is 2. The summed E-state index contributed by atoms with van der Waals surface area (Å²) in [5.41, 5.74) is -0.929. The average Bonchev–Trinajstić information content (AvgIpc) is 2.44. The Hall–Kier alpha value is -2.08. The molecule has 6 heteroatoms. The van der Waals surface area contributed by atoms with E-state index in [4.69, 9.17) is 4.74 Å². The third kappa shape index (κ3) is 5.27. The molecule has 1 atom stereocenters. The van der Waals surface area contributed by atoms with Gasteiger partial charge in [-0.25, -0.2) is 9.59 Å². The Balaban J connectivity index is 2.34. The van der Waals surface area contributed by atoms with Gasteiger partial charge in [0.1, 0.15) is 6.61 Å². The van der Waals surface area contributed by atoms with E-state index in [0.29, 0.717) is 0 Å². The van der Waals surface area contributed by atoms with E-state index in [1.807, 2.05) is 30.3 Å². The van der Waals surface area contributed by atoms with E-state index in [1.54, 1.807) is 6.92 Å². The van der Waals surface area contributed by atoms with Gasteiger partial charge >= 0.3 is 12.1 Å². The lowest BCUT2D eigenvalue weighted by Crippen LogP contribution is -2.47. The zero-order valence-corrected chi connectivity index (χ0v) is 11.6. The number of hydrogen-bond acceptors (Lipinski definition) is 5. The van der Waals surface area contributed by atoms with Crippen LogP contribution in [0.25, 0.3) is 0 Å². The van der Waals surface area contributed by atoms with Crippen LogP contribution in [0.15, 0.2) is 30.3 Å². The van der Waals surface area contributed by atoms with Gasteiger partial charge in [-0.2, -0.15) is 0 Å². The molecule has 0 aliphatic carbocycles. The minimum absolute atomic E-state index is 0.119. The molecule has 0 saturated carbocycles. The second-order valence-corrected chi connectivity index (χ2v) is 4.41. The van der Waals surface area contributed by atoms with Gasteiger partial charge in [0.05, 0.1) is 13.2 Å². The number of nitrogens with one attached hydrogen (secondary N) is 1. The van der Waals surface area contributed by atoms with Crippen molar-refractivity contribution in [3.63, 3.8) is 0 Å². The molecule has 1 rings (SSSR count). The van der Waals surface area contributed by atoms with Crippen LogP contribution in [-0.2, 0) is 20.9 Å². The van der Waals surface area contributed by atoms with Crippen LogP contribution in [0.5, 0.6) is 0 Å². The highest BCUT2D eigenvalue weighted by atomic mass is 16.6. The summed E-state index contributed by atoms with van der Waals surface area (Å²) in [6.45, 7) is 2.90. The Labute approximate surface area is 117 Å². The van der Waals surface area contributed by atoms with Crippen molar-refractivity contribution >= 4 is 12.1 Å². The lowest BCUT2D eigenvalue weighted by molar-refractivity contribution is -0.162. The van der Waals surface area contributed by atoms with Crippen LogP contribution < -0.4 is 5.32 Å². The minimum Gasteiger partial charge on any atom is -0.464 e. The molecular weight excluding hydrogens is 262 g/mol. The number of aliphatic hydroxyl groups is 1. The van der Waals surface area contributed by atoms with E-state index in [1.165, 1.54) is 6.92 Å². The largest absolute Gasteiger partial charge is 0.464 e. The van der Waals surface area contributed by atoms with Crippen molar-refractivity contribution in [1.29, 1.82) is 0 Å². The molecule has 1 aromatic carbocycles. The number of esters is 1. The molecule has 2 N–H and O–H groups in total. The number of rotatable bonds is 6. The maximum atomic E-state index is 11.4. The SMILES string of the molecule is CCOC(=O)C(C)(O)CNC(=O)OCc1ccccc1. The van der Waals surface area contributed by atoms with Crippen LogP contribution in [-0.4, -0.2) is 35.9 Å². The summed E-state index contributed by atoms with van der Waals surface area (Å²) in [5, 5.41) is 12.1. The maximum absolute atomic E-state index is 11.4. The first-order chi connectivity index (χ1) is 9.45. The first kappa shape index (κ1) is 16.0. The number of carbonyl (C=O) groups is 2. The monoisotopic (exact) mass is 281 g/mol. The van der Waals surface area contributed by atoms with Crippen LogP contribution in [0.3, 0.4) is 0 Å². The van der Waals surface area contributed by atoms with Gasteiger partial charge in [-0.1, -0.05) is 30.3 Å². The second-order valence-electron chi connectivity index (χ2n) is 4.41. The van der Waals surface area contributed by atoms with E-state index < -0.39 is 17.7 Å². The smallest absolute Gasteiger partial charge is 0.407 e. The fourth-order valence-corrected chi connectivity index (χ4v) is 1.38. The van der Waals surface area contributed by atoms with Crippen LogP contribution in [0.2, 0.25) is 0 Å². The van der Waals surface area contributed by atoms with Crippen molar-refractivity contribution in [1.82, 2.24) is 5.32 Å². The third-order valence-electron chi connectivity index (χ3n) is 2.50. The molecule has 20 heavy (non-hydrogen) atoms. The topological polar surface area (TPSA) is 84.9 Å². The zero-order valence-electron chi connectivity index (χ0n) is 11.6. The van der Waals surface area contributed by atoms with Crippen LogP contribution in [0.4, 0.5) is 4.79 Å². The summed E-state index contributed by atoms with van der Waals surface area (Å²) in [7, 11) is 0. The van der Waals surface area contributed by atoms with E-state index in [9.17, 15) is 14.7 Å². The Morgan fingerprint density at radius 3 is 2.50 bits per heavy atom. The molecule has 110 valence electrons. The highest BCUT2D eigenvalue weighted by molar-refractivity contribution is 5.80. The number of amides is 1. The molecule has 0 fully saturated rings. The molecule has 0 aromatic heterocycles. The minimum atomic E-state index is -1.78. The molecule has 6 nitrogen and oxygen atoms in total. The summed E-state index contributed by atoms with van der Waals surface area (Å²) in [6.07, 6.45) is -0.710. The van der Waals surface area contributed by atoms with Gasteiger partial charge in [0.15, 0.2) is 5.60 Å². The second kappa shape index (κ2) is 7.49. The highest BCUT2D eigenvalue weighted by Gasteiger charge is 2.32. The van der Waals surface area contributed by atoms with Gasteiger partial charge in [-0.15, -0.1) is 0 Å². The predicted octanol–water partition coefficient (Wildman–Crippen LogP) is 1.23. The van der Waals surface area contributed by atoms with Gasteiger partial charge in [-0.05, 0) is 19.4 Å². The van der Waals surface area contributed by atoms with Gasteiger partial charge in [0.25, 0.3) is 0 Å². The Morgan fingerprint density at radius 2 is 1.90 bits per heavy atom.